The molecule has 0 aliphatic carbocycles. The van der Waals surface area contributed by atoms with E-state index in [4.69, 9.17) is 11.0 Å². The number of nitrogens with two attached hydrogens (primary N) is 1. The fraction of sp³-hybridized carbons (Fsp3) is 0.286. The minimum atomic E-state index is -0.721. The summed E-state index contributed by atoms with van der Waals surface area (Å²) in [7, 11) is 0. The molecule has 19 heavy (non-hydrogen) atoms. The first kappa shape index (κ1) is 13.3. The van der Waals surface area contributed by atoms with Gasteiger partial charge in [-0.05, 0) is 12.0 Å². The molecule has 2 unspecified atom stereocenters. The van der Waals surface area contributed by atoms with E-state index in [-0.39, 0.29) is 18.4 Å². The van der Waals surface area contributed by atoms with Crippen LogP contribution in [0.4, 0.5) is 0 Å². The fourth-order valence-corrected chi connectivity index (χ4v) is 1.93. The van der Waals surface area contributed by atoms with E-state index >= 15 is 0 Å². The fourth-order valence-electron chi connectivity index (χ4n) is 1.93. The van der Waals surface area contributed by atoms with Crippen molar-refractivity contribution in [2.75, 3.05) is 0 Å². The molecule has 0 bridgehead atoms. The summed E-state index contributed by atoms with van der Waals surface area (Å²) in [6.45, 7) is 0.275. The minimum Gasteiger partial charge on any atom is -0.390 e. The summed E-state index contributed by atoms with van der Waals surface area (Å²) in [5.41, 5.74) is 7.07. The molecule has 2 rings (SSSR count). The molecule has 0 amide bonds. The molecule has 0 aliphatic rings. The van der Waals surface area contributed by atoms with E-state index in [1.54, 1.807) is 10.8 Å². The maximum absolute atomic E-state index is 10.1. The molecule has 1 heterocycles. The lowest BCUT2D eigenvalue weighted by Crippen LogP contribution is -2.39. The quantitative estimate of drug-likeness (QED) is 0.823. The van der Waals surface area contributed by atoms with Crippen LogP contribution in [-0.4, -0.2) is 26.8 Å². The van der Waals surface area contributed by atoms with E-state index in [1.807, 2.05) is 36.4 Å². The molecule has 3 N–H and O–H groups in total. The predicted octanol–water partition coefficient (Wildman–Crippen LogP) is 0.686. The van der Waals surface area contributed by atoms with Gasteiger partial charge in [0, 0.05) is 18.4 Å². The van der Waals surface area contributed by atoms with Crippen molar-refractivity contribution in [2.45, 2.75) is 25.1 Å². The van der Waals surface area contributed by atoms with Gasteiger partial charge in [-0.2, -0.15) is 5.26 Å². The Kier molecular flexibility index (Phi) is 4.29. The van der Waals surface area contributed by atoms with Crippen LogP contribution in [0.1, 0.15) is 11.4 Å². The highest BCUT2D eigenvalue weighted by molar-refractivity contribution is 5.16. The molecule has 5 nitrogen and oxygen atoms in total. The zero-order valence-corrected chi connectivity index (χ0v) is 10.5. The molecule has 0 aliphatic heterocycles. The molecule has 2 aromatic rings. The van der Waals surface area contributed by atoms with Gasteiger partial charge in [-0.3, -0.25) is 0 Å². The first-order valence-electron chi connectivity index (χ1n) is 6.09. The van der Waals surface area contributed by atoms with Crippen LogP contribution in [0.15, 0.2) is 42.7 Å². The number of imidazole rings is 1. The largest absolute Gasteiger partial charge is 0.390 e. The maximum Gasteiger partial charge on any atom is 0.212 e. The third-order valence-electron chi connectivity index (χ3n) is 3.01. The van der Waals surface area contributed by atoms with E-state index < -0.39 is 6.10 Å². The number of nitriles is 1. The number of aromatic nitrogens is 2. The van der Waals surface area contributed by atoms with Crippen LogP contribution in [-0.2, 0) is 13.0 Å². The van der Waals surface area contributed by atoms with Crippen molar-refractivity contribution in [1.29, 1.82) is 5.26 Å². The van der Waals surface area contributed by atoms with Crippen LogP contribution in [0.3, 0.4) is 0 Å². The third-order valence-corrected chi connectivity index (χ3v) is 3.01. The summed E-state index contributed by atoms with van der Waals surface area (Å²) in [6.07, 6.45) is 3.07. The number of nitrogens with zero attached hydrogens (tertiary/aromatic N) is 3. The van der Waals surface area contributed by atoms with E-state index in [1.165, 1.54) is 6.20 Å². The van der Waals surface area contributed by atoms with E-state index in [9.17, 15) is 5.11 Å². The van der Waals surface area contributed by atoms with Crippen molar-refractivity contribution >= 4 is 0 Å². The van der Waals surface area contributed by atoms with Gasteiger partial charge in [-0.15, -0.1) is 0 Å². The van der Waals surface area contributed by atoms with Crippen LogP contribution < -0.4 is 5.73 Å². The van der Waals surface area contributed by atoms with Gasteiger partial charge in [0.1, 0.15) is 6.07 Å². The SMILES string of the molecule is N#Cc1nccn1CC(O)C(N)Cc1ccccc1. The van der Waals surface area contributed by atoms with E-state index in [2.05, 4.69) is 4.98 Å². The molecule has 0 saturated carbocycles. The Labute approximate surface area is 111 Å². The Morgan fingerprint density at radius 3 is 2.79 bits per heavy atom. The van der Waals surface area contributed by atoms with Gasteiger partial charge in [0.05, 0.1) is 12.6 Å². The van der Waals surface area contributed by atoms with Crippen LogP contribution in [0.5, 0.6) is 0 Å². The standard InChI is InChI=1S/C14H16N4O/c15-9-14-17-6-7-18(14)10-13(19)12(16)8-11-4-2-1-3-5-11/h1-7,12-13,19H,8,10,16H2. The number of aliphatic hydroxyl groups is 1. The molecule has 0 spiro atoms. The molecule has 2 atom stereocenters. The van der Waals surface area contributed by atoms with Crippen molar-refractivity contribution in [3.05, 3.63) is 54.1 Å². The molecule has 98 valence electrons. The van der Waals surface area contributed by atoms with Gasteiger partial charge in [0.15, 0.2) is 0 Å². The van der Waals surface area contributed by atoms with Crippen molar-refractivity contribution in [1.82, 2.24) is 9.55 Å². The molecule has 1 aromatic heterocycles. The Bertz CT molecular complexity index is 558. The van der Waals surface area contributed by atoms with Crippen molar-refractivity contribution < 1.29 is 5.11 Å². The lowest BCUT2D eigenvalue weighted by atomic mass is 10.0. The Morgan fingerprint density at radius 1 is 1.37 bits per heavy atom. The number of benzene rings is 1. The molecular weight excluding hydrogens is 240 g/mol. The van der Waals surface area contributed by atoms with E-state index in [0.29, 0.717) is 6.42 Å². The average molecular weight is 256 g/mol. The Hall–Kier alpha value is -2.16. The maximum atomic E-state index is 10.1. The second kappa shape index (κ2) is 6.14. The smallest absolute Gasteiger partial charge is 0.212 e. The molecular formula is C14H16N4O. The predicted molar refractivity (Wildman–Crippen MR) is 71.1 cm³/mol. The Morgan fingerprint density at radius 2 is 2.11 bits per heavy atom. The summed E-state index contributed by atoms with van der Waals surface area (Å²) in [5, 5.41) is 18.9. The average Bonchev–Trinajstić information content (AvgIpc) is 2.87. The highest BCUT2D eigenvalue weighted by Crippen LogP contribution is 2.07. The van der Waals surface area contributed by atoms with Crippen LogP contribution in [0.25, 0.3) is 0 Å². The van der Waals surface area contributed by atoms with Gasteiger partial charge in [0.2, 0.25) is 5.82 Å². The van der Waals surface area contributed by atoms with Gasteiger partial charge < -0.3 is 15.4 Å². The first-order chi connectivity index (χ1) is 9.20. The van der Waals surface area contributed by atoms with Gasteiger partial charge in [-0.25, -0.2) is 4.98 Å². The molecule has 0 saturated heterocycles. The lowest BCUT2D eigenvalue weighted by Gasteiger charge is -2.19. The normalized spacial score (nSPS) is 13.7. The topological polar surface area (TPSA) is 87.9 Å². The lowest BCUT2D eigenvalue weighted by molar-refractivity contribution is 0.124. The highest BCUT2D eigenvalue weighted by Gasteiger charge is 2.17. The number of aliphatic hydroxyl groups excluding tert-OH is 1. The van der Waals surface area contributed by atoms with Gasteiger partial charge >= 0.3 is 0 Å². The van der Waals surface area contributed by atoms with Crippen molar-refractivity contribution in [3.63, 3.8) is 0 Å². The van der Waals surface area contributed by atoms with Crippen LogP contribution >= 0.6 is 0 Å². The summed E-state index contributed by atoms with van der Waals surface area (Å²) < 4.78 is 1.61. The molecule has 0 radical (unpaired) electrons. The number of rotatable bonds is 5. The zero-order chi connectivity index (χ0) is 13.7. The summed E-state index contributed by atoms with van der Waals surface area (Å²) >= 11 is 0. The summed E-state index contributed by atoms with van der Waals surface area (Å²) in [5.74, 6) is 0.283. The third kappa shape index (κ3) is 3.41. The molecule has 0 fully saturated rings. The zero-order valence-electron chi connectivity index (χ0n) is 10.5. The monoisotopic (exact) mass is 256 g/mol. The number of hydrogen-bond donors (Lipinski definition) is 2. The molecule has 5 heteroatoms. The molecule has 1 aromatic carbocycles. The van der Waals surface area contributed by atoms with E-state index in [0.717, 1.165) is 5.56 Å². The van der Waals surface area contributed by atoms with Crippen LogP contribution in [0.2, 0.25) is 0 Å². The second-order valence-electron chi connectivity index (χ2n) is 4.44. The van der Waals surface area contributed by atoms with Crippen LogP contribution in [0, 0.1) is 11.3 Å². The van der Waals surface area contributed by atoms with Crippen molar-refractivity contribution in [3.8, 4) is 6.07 Å². The van der Waals surface area contributed by atoms with Crippen molar-refractivity contribution in [2.24, 2.45) is 5.73 Å². The summed E-state index contributed by atoms with van der Waals surface area (Å²) in [4.78, 5) is 3.88. The highest BCUT2D eigenvalue weighted by atomic mass is 16.3. The minimum absolute atomic E-state index is 0.275. The Balaban J connectivity index is 1.96. The summed E-state index contributed by atoms with van der Waals surface area (Å²) in [6, 6.07) is 11.4. The first-order valence-corrected chi connectivity index (χ1v) is 6.09. The van der Waals surface area contributed by atoms with Gasteiger partial charge in [0.25, 0.3) is 0 Å². The number of hydrogen-bond acceptors (Lipinski definition) is 4. The second-order valence-corrected chi connectivity index (χ2v) is 4.44. The van der Waals surface area contributed by atoms with Gasteiger partial charge in [-0.1, -0.05) is 30.3 Å².